The second kappa shape index (κ2) is 6.91. The summed E-state index contributed by atoms with van der Waals surface area (Å²) in [5.41, 5.74) is 6.68. The molecule has 5 nitrogen and oxygen atoms in total. The fraction of sp³-hybridized carbons (Fsp3) is 0.467. The van der Waals surface area contributed by atoms with E-state index >= 15 is 0 Å². The Hall–Kier alpha value is -1.59. The molecule has 1 aliphatic heterocycles. The van der Waals surface area contributed by atoms with E-state index in [1.54, 1.807) is 23.1 Å². The lowest BCUT2D eigenvalue weighted by Crippen LogP contribution is -2.49. The van der Waals surface area contributed by atoms with Crippen LogP contribution in [0.2, 0.25) is 5.02 Å². The molecule has 1 aromatic carbocycles. The van der Waals surface area contributed by atoms with Crippen LogP contribution in [0, 0.1) is 6.92 Å². The maximum atomic E-state index is 12.8. The largest absolute Gasteiger partial charge is 0.368 e. The third-order valence-corrected chi connectivity index (χ3v) is 3.99. The van der Waals surface area contributed by atoms with Crippen molar-refractivity contribution in [2.45, 2.75) is 25.8 Å². The van der Waals surface area contributed by atoms with Gasteiger partial charge in [0.05, 0.1) is 6.54 Å². The molecule has 21 heavy (non-hydrogen) atoms. The molecule has 1 fully saturated rings. The van der Waals surface area contributed by atoms with Gasteiger partial charge in [-0.3, -0.25) is 9.59 Å². The van der Waals surface area contributed by atoms with Gasteiger partial charge in [-0.15, -0.1) is 0 Å². The summed E-state index contributed by atoms with van der Waals surface area (Å²) in [4.78, 5) is 25.7. The van der Waals surface area contributed by atoms with Crippen molar-refractivity contribution in [1.82, 2.24) is 10.2 Å². The highest BCUT2D eigenvalue weighted by Crippen LogP contribution is 2.20. The number of hydrogen-bond acceptors (Lipinski definition) is 3. The summed E-state index contributed by atoms with van der Waals surface area (Å²) in [6.07, 6.45) is 1.65. The van der Waals surface area contributed by atoms with Gasteiger partial charge in [0.1, 0.15) is 0 Å². The zero-order valence-electron chi connectivity index (χ0n) is 12.1. The maximum Gasteiger partial charge on any atom is 0.254 e. The number of benzene rings is 1. The lowest BCUT2D eigenvalue weighted by atomic mass is 10.0. The van der Waals surface area contributed by atoms with Gasteiger partial charge in [-0.1, -0.05) is 11.6 Å². The molecule has 0 saturated carbocycles. The first-order valence-corrected chi connectivity index (χ1v) is 7.43. The van der Waals surface area contributed by atoms with Gasteiger partial charge in [-0.2, -0.15) is 0 Å². The molecule has 114 valence electrons. The van der Waals surface area contributed by atoms with Crippen LogP contribution in [0.25, 0.3) is 0 Å². The second-order valence-electron chi connectivity index (χ2n) is 5.34. The minimum Gasteiger partial charge on any atom is -0.368 e. The van der Waals surface area contributed by atoms with E-state index in [9.17, 15) is 9.59 Å². The SMILES string of the molecule is Cc1cc(Cl)ccc1C(=O)N(CC(N)=O)C1CCNCC1. The van der Waals surface area contributed by atoms with Gasteiger partial charge >= 0.3 is 0 Å². The normalized spacial score (nSPS) is 15.7. The number of halogens is 1. The summed E-state index contributed by atoms with van der Waals surface area (Å²) in [6.45, 7) is 3.47. The standard InChI is InChI=1S/C15H20ClN3O2/c1-10-8-11(16)2-3-13(10)15(21)19(9-14(17)20)12-4-6-18-7-5-12/h2-3,8,12,18H,4-7,9H2,1H3,(H2,17,20). The van der Waals surface area contributed by atoms with Gasteiger partial charge in [-0.25, -0.2) is 0 Å². The molecule has 0 radical (unpaired) electrons. The average molecular weight is 310 g/mol. The van der Waals surface area contributed by atoms with Gasteiger partial charge in [0.2, 0.25) is 5.91 Å². The van der Waals surface area contributed by atoms with E-state index < -0.39 is 5.91 Å². The molecule has 1 heterocycles. The molecule has 0 spiro atoms. The molecular formula is C15H20ClN3O2. The molecule has 0 aliphatic carbocycles. The smallest absolute Gasteiger partial charge is 0.254 e. The van der Waals surface area contributed by atoms with Gasteiger partial charge in [0.15, 0.2) is 0 Å². The predicted octanol–water partition coefficient (Wildman–Crippen LogP) is 1.33. The van der Waals surface area contributed by atoms with Crippen LogP contribution in [0.3, 0.4) is 0 Å². The third kappa shape index (κ3) is 3.95. The average Bonchev–Trinajstić information content (AvgIpc) is 2.45. The van der Waals surface area contributed by atoms with E-state index in [0.29, 0.717) is 10.6 Å². The van der Waals surface area contributed by atoms with Gasteiger partial charge < -0.3 is 16.0 Å². The molecule has 2 amide bonds. The van der Waals surface area contributed by atoms with Crippen molar-refractivity contribution < 1.29 is 9.59 Å². The number of amides is 2. The molecular weight excluding hydrogens is 290 g/mol. The van der Waals surface area contributed by atoms with Crippen molar-refractivity contribution in [3.63, 3.8) is 0 Å². The summed E-state index contributed by atoms with van der Waals surface area (Å²) in [5, 5.41) is 3.84. The molecule has 0 unspecified atom stereocenters. The number of rotatable bonds is 4. The van der Waals surface area contributed by atoms with Crippen molar-refractivity contribution in [3.05, 3.63) is 34.3 Å². The predicted molar refractivity (Wildman–Crippen MR) is 82.3 cm³/mol. The summed E-state index contributed by atoms with van der Waals surface area (Å²) in [7, 11) is 0. The first-order chi connectivity index (χ1) is 9.99. The number of hydrogen-bond donors (Lipinski definition) is 2. The molecule has 3 N–H and O–H groups in total. The highest BCUT2D eigenvalue weighted by atomic mass is 35.5. The number of aryl methyl sites for hydroxylation is 1. The number of primary amides is 1. The summed E-state index contributed by atoms with van der Waals surface area (Å²) in [6, 6.07) is 5.18. The van der Waals surface area contributed by atoms with Crippen molar-refractivity contribution in [3.8, 4) is 0 Å². The third-order valence-electron chi connectivity index (χ3n) is 3.76. The Kier molecular flexibility index (Phi) is 5.20. The molecule has 2 rings (SSSR count). The van der Waals surface area contributed by atoms with Crippen molar-refractivity contribution in [2.75, 3.05) is 19.6 Å². The van der Waals surface area contributed by atoms with Gasteiger partial charge in [-0.05, 0) is 56.6 Å². The van der Waals surface area contributed by atoms with Crippen LogP contribution in [-0.4, -0.2) is 42.4 Å². The van der Waals surface area contributed by atoms with Crippen LogP contribution in [-0.2, 0) is 4.79 Å². The zero-order valence-corrected chi connectivity index (χ0v) is 12.8. The van der Waals surface area contributed by atoms with Crippen molar-refractivity contribution in [2.24, 2.45) is 5.73 Å². The first kappa shape index (κ1) is 15.8. The van der Waals surface area contributed by atoms with Crippen LogP contribution in [0.15, 0.2) is 18.2 Å². The van der Waals surface area contributed by atoms with Gasteiger partial charge in [0, 0.05) is 16.6 Å². The zero-order chi connectivity index (χ0) is 15.4. The first-order valence-electron chi connectivity index (χ1n) is 7.05. The number of nitrogens with zero attached hydrogens (tertiary/aromatic N) is 1. The Bertz CT molecular complexity index is 542. The van der Waals surface area contributed by atoms with Gasteiger partial charge in [0.25, 0.3) is 5.91 Å². The minimum absolute atomic E-state index is 0.0429. The van der Waals surface area contributed by atoms with Crippen LogP contribution < -0.4 is 11.1 Å². The molecule has 6 heteroatoms. The number of carbonyl (C=O) groups is 2. The topological polar surface area (TPSA) is 75.4 Å². The molecule has 1 aromatic rings. The number of carbonyl (C=O) groups excluding carboxylic acids is 2. The quantitative estimate of drug-likeness (QED) is 0.881. The highest BCUT2D eigenvalue weighted by molar-refractivity contribution is 6.30. The fourth-order valence-corrected chi connectivity index (χ4v) is 2.90. The van der Waals surface area contributed by atoms with Crippen LogP contribution >= 0.6 is 11.6 Å². The van der Waals surface area contributed by atoms with E-state index in [-0.39, 0.29) is 18.5 Å². The Morgan fingerprint density at radius 3 is 2.62 bits per heavy atom. The maximum absolute atomic E-state index is 12.8. The molecule has 0 atom stereocenters. The lowest BCUT2D eigenvalue weighted by Gasteiger charge is -2.34. The Balaban J connectivity index is 2.26. The van der Waals surface area contributed by atoms with Crippen LogP contribution in [0.5, 0.6) is 0 Å². The van der Waals surface area contributed by atoms with Crippen LogP contribution in [0.1, 0.15) is 28.8 Å². The van der Waals surface area contributed by atoms with E-state index in [4.69, 9.17) is 17.3 Å². The Morgan fingerprint density at radius 1 is 1.38 bits per heavy atom. The van der Waals surface area contributed by atoms with E-state index in [1.165, 1.54) is 0 Å². The van der Waals surface area contributed by atoms with E-state index in [2.05, 4.69) is 5.32 Å². The van der Waals surface area contributed by atoms with Crippen molar-refractivity contribution in [1.29, 1.82) is 0 Å². The summed E-state index contributed by atoms with van der Waals surface area (Å²) in [5.74, 6) is -0.650. The number of nitrogens with one attached hydrogen (secondary N) is 1. The number of nitrogens with two attached hydrogens (primary N) is 1. The molecule has 1 saturated heterocycles. The monoisotopic (exact) mass is 309 g/mol. The van der Waals surface area contributed by atoms with E-state index in [1.807, 2.05) is 6.92 Å². The molecule has 0 bridgehead atoms. The Labute approximate surface area is 129 Å². The summed E-state index contributed by atoms with van der Waals surface area (Å²) >= 11 is 5.93. The lowest BCUT2D eigenvalue weighted by molar-refractivity contribution is -0.119. The fourth-order valence-electron chi connectivity index (χ4n) is 2.67. The number of piperidine rings is 1. The minimum atomic E-state index is -0.492. The van der Waals surface area contributed by atoms with Crippen molar-refractivity contribution >= 4 is 23.4 Å². The molecule has 1 aliphatic rings. The Morgan fingerprint density at radius 2 is 2.05 bits per heavy atom. The summed E-state index contributed by atoms with van der Waals surface area (Å²) < 4.78 is 0. The van der Waals surface area contributed by atoms with E-state index in [0.717, 1.165) is 31.5 Å². The highest BCUT2D eigenvalue weighted by Gasteiger charge is 2.28. The van der Waals surface area contributed by atoms with Crippen LogP contribution in [0.4, 0.5) is 0 Å². The molecule has 0 aromatic heterocycles. The second-order valence-corrected chi connectivity index (χ2v) is 5.78.